The van der Waals surface area contributed by atoms with Crippen LogP contribution in [-0.2, 0) is 0 Å². The van der Waals surface area contributed by atoms with Crippen molar-refractivity contribution in [3.05, 3.63) is 11.6 Å². The third kappa shape index (κ3) is 1.35. The van der Waals surface area contributed by atoms with Crippen LogP contribution < -0.4 is 0 Å². The van der Waals surface area contributed by atoms with Crippen molar-refractivity contribution in [1.82, 2.24) is 0 Å². The summed E-state index contributed by atoms with van der Waals surface area (Å²) in [4.78, 5) is 0. The second kappa shape index (κ2) is 3.05. The van der Waals surface area contributed by atoms with Gasteiger partial charge in [-0.2, -0.15) is 0 Å². The Hall–Kier alpha value is -0.260. The van der Waals surface area contributed by atoms with Crippen molar-refractivity contribution in [2.45, 2.75) is 39.5 Å². The molecule has 0 amide bonds. The topological polar surface area (TPSA) is 0 Å². The van der Waals surface area contributed by atoms with E-state index < -0.39 is 0 Å². The van der Waals surface area contributed by atoms with Crippen molar-refractivity contribution in [2.24, 2.45) is 5.92 Å². The first kappa shape index (κ1) is 6.85. The van der Waals surface area contributed by atoms with E-state index in [4.69, 9.17) is 0 Å². The second-order valence-electron chi connectivity index (χ2n) is 2.86. The summed E-state index contributed by atoms with van der Waals surface area (Å²) in [7, 11) is 0. The molecule has 0 saturated heterocycles. The molecule has 1 aliphatic carbocycles. The van der Waals surface area contributed by atoms with Gasteiger partial charge in [-0.25, -0.2) is 0 Å². The average Bonchev–Trinajstić information content (AvgIpc) is 2.33. The lowest BCUT2D eigenvalue weighted by Crippen LogP contribution is -1.92. The Bertz CT molecular complexity index is 111. The van der Waals surface area contributed by atoms with Crippen LogP contribution >= 0.6 is 0 Å². The van der Waals surface area contributed by atoms with Crippen LogP contribution in [0.5, 0.6) is 0 Å². The van der Waals surface area contributed by atoms with E-state index in [0.29, 0.717) is 0 Å². The molecule has 0 aromatic heterocycles. The molecule has 0 nitrogen and oxygen atoms in total. The Morgan fingerprint density at radius 3 is 2.89 bits per heavy atom. The zero-order valence-corrected chi connectivity index (χ0v) is 6.48. The molecular formula is C9H16. The number of hydrogen-bond acceptors (Lipinski definition) is 0. The van der Waals surface area contributed by atoms with Gasteiger partial charge in [0.2, 0.25) is 0 Å². The number of hydrogen-bond donors (Lipinski definition) is 0. The van der Waals surface area contributed by atoms with Crippen LogP contribution in [0.1, 0.15) is 39.5 Å². The Labute approximate surface area is 58.0 Å². The number of rotatable bonds is 1. The minimum atomic E-state index is 0.940. The Balaban J connectivity index is 2.52. The highest BCUT2D eigenvalue weighted by atomic mass is 14.2. The third-order valence-corrected chi connectivity index (χ3v) is 2.41. The van der Waals surface area contributed by atoms with Gasteiger partial charge in [0.25, 0.3) is 0 Å². The first-order valence-electron chi connectivity index (χ1n) is 4.03. The van der Waals surface area contributed by atoms with Crippen molar-refractivity contribution in [3.8, 4) is 0 Å². The van der Waals surface area contributed by atoms with Gasteiger partial charge in [0.1, 0.15) is 0 Å². The van der Waals surface area contributed by atoms with Gasteiger partial charge >= 0.3 is 0 Å². The Morgan fingerprint density at radius 1 is 1.67 bits per heavy atom. The second-order valence-corrected chi connectivity index (χ2v) is 2.86. The maximum absolute atomic E-state index is 2.31. The molecule has 1 atom stereocenters. The minimum Gasteiger partial charge on any atom is -0.0882 e. The average molecular weight is 124 g/mol. The molecule has 52 valence electrons. The van der Waals surface area contributed by atoms with Crippen LogP contribution in [0.2, 0.25) is 0 Å². The van der Waals surface area contributed by atoms with E-state index in [2.05, 4.69) is 19.9 Å². The molecule has 1 saturated carbocycles. The summed E-state index contributed by atoms with van der Waals surface area (Å²) in [5, 5.41) is 0. The fraction of sp³-hybridized carbons (Fsp3) is 0.778. The highest BCUT2D eigenvalue weighted by molar-refractivity contribution is 5.09. The van der Waals surface area contributed by atoms with Gasteiger partial charge in [-0.3, -0.25) is 0 Å². The van der Waals surface area contributed by atoms with Crippen LogP contribution in [-0.4, -0.2) is 0 Å². The first-order valence-corrected chi connectivity index (χ1v) is 4.03. The van der Waals surface area contributed by atoms with Crippen LogP contribution in [0.25, 0.3) is 0 Å². The molecule has 0 radical (unpaired) electrons. The van der Waals surface area contributed by atoms with E-state index in [0.717, 1.165) is 5.92 Å². The van der Waals surface area contributed by atoms with Crippen LogP contribution in [0.3, 0.4) is 0 Å². The zero-order valence-electron chi connectivity index (χ0n) is 6.48. The molecule has 0 heteroatoms. The van der Waals surface area contributed by atoms with Crippen LogP contribution in [0, 0.1) is 5.92 Å². The monoisotopic (exact) mass is 124 g/mol. The Kier molecular flexibility index (Phi) is 2.32. The predicted molar refractivity (Wildman–Crippen MR) is 41.4 cm³/mol. The molecule has 1 fully saturated rings. The normalized spacial score (nSPS) is 31.8. The van der Waals surface area contributed by atoms with E-state index in [1.54, 1.807) is 5.57 Å². The molecule has 0 heterocycles. The summed E-state index contributed by atoms with van der Waals surface area (Å²) in [6.45, 7) is 4.46. The minimum absolute atomic E-state index is 0.940. The van der Waals surface area contributed by atoms with Gasteiger partial charge < -0.3 is 0 Å². The highest BCUT2D eigenvalue weighted by Crippen LogP contribution is 2.32. The summed E-state index contributed by atoms with van der Waals surface area (Å²) in [6, 6.07) is 0. The summed E-state index contributed by atoms with van der Waals surface area (Å²) in [6.07, 6.45) is 7.89. The molecule has 0 bridgehead atoms. The molecule has 0 aliphatic heterocycles. The van der Waals surface area contributed by atoms with Gasteiger partial charge in [-0.05, 0) is 38.5 Å². The van der Waals surface area contributed by atoms with Gasteiger partial charge in [-0.15, -0.1) is 0 Å². The molecular weight excluding hydrogens is 108 g/mol. The van der Waals surface area contributed by atoms with Crippen LogP contribution in [0.15, 0.2) is 11.6 Å². The van der Waals surface area contributed by atoms with E-state index >= 15 is 0 Å². The maximum atomic E-state index is 2.31. The fourth-order valence-electron chi connectivity index (χ4n) is 1.79. The molecule has 9 heavy (non-hydrogen) atoms. The first-order chi connectivity index (χ1) is 4.38. The lowest BCUT2D eigenvalue weighted by atomic mass is 10.0. The van der Waals surface area contributed by atoms with E-state index in [-0.39, 0.29) is 0 Å². The Morgan fingerprint density at radius 2 is 2.44 bits per heavy atom. The SMILES string of the molecule is C/C=C1/CCCC1CC. The number of allylic oxidation sites excluding steroid dienone is 2. The van der Waals surface area contributed by atoms with Crippen molar-refractivity contribution in [2.75, 3.05) is 0 Å². The smallest absolute Gasteiger partial charge is 0.0206 e. The molecule has 1 unspecified atom stereocenters. The van der Waals surface area contributed by atoms with Crippen molar-refractivity contribution >= 4 is 0 Å². The fourth-order valence-corrected chi connectivity index (χ4v) is 1.79. The van der Waals surface area contributed by atoms with Crippen molar-refractivity contribution in [1.29, 1.82) is 0 Å². The lowest BCUT2D eigenvalue weighted by molar-refractivity contribution is 0.605. The summed E-state index contributed by atoms with van der Waals surface area (Å²) < 4.78 is 0. The van der Waals surface area contributed by atoms with Crippen molar-refractivity contribution in [3.63, 3.8) is 0 Å². The lowest BCUT2D eigenvalue weighted by Gasteiger charge is -2.06. The molecule has 1 rings (SSSR count). The molecule has 1 aliphatic rings. The van der Waals surface area contributed by atoms with Gasteiger partial charge in [0.15, 0.2) is 0 Å². The summed E-state index contributed by atoms with van der Waals surface area (Å²) >= 11 is 0. The summed E-state index contributed by atoms with van der Waals surface area (Å²) in [5.74, 6) is 0.940. The molecule has 0 aromatic rings. The predicted octanol–water partition coefficient (Wildman–Crippen LogP) is 3.14. The zero-order chi connectivity index (χ0) is 6.69. The summed E-state index contributed by atoms with van der Waals surface area (Å²) in [5.41, 5.74) is 1.71. The maximum Gasteiger partial charge on any atom is -0.0206 e. The molecule has 0 spiro atoms. The van der Waals surface area contributed by atoms with Gasteiger partial charge in [0.05, 0.1) is 0 Å². The van der Waals surface area contributed by atoms with E-state index in [1.807, 2.05) is 0 Å². The quantitative estimate of drug-likeness (QED) is 0.471. The van der Waals surface area contributed by atoms with Gasteiger partial charge in [-0.1, -0.05) is 18.6 Å². The third-order valence-electron chi connectivity index (χ3n) is 2.41. The molecule has 0 aromatic carbocycles. The van der Waals surface area contributed by atoms with Crippen LogP contribution in [0.4, 0.5) is 0 Å². The largest absolute Gasteiger partial charge is 0.0882 e. The van der Waals surface area contributed by atoms with Gasteiger partial charge in [0, 0.05) is 0 Å². The van der Waals surface area contributed by atoms with Crippen molar-refractivity contribution < 1.29 is 0 Å². The molecule has 0 N–H and O–H groups in total. The highest BCUT2D eigenvalue weighted by Gasteiger charge is 2.17. The standard InChI is InChI=1S/C9H16/c1-3-8-6-5-7-9(8)4-2/h3,9H,4-7H2,1-2H3/b8-3-. The van der Waals surface area contributed by atoms with E-state index in [1.165, 1.54) is 25.7 Å². The van der Waals surface area contributed by atoms with E-state index in [9.17, 15) is 0 Å².